The van der Waals surface area contributed by atoms with E-state index in [9.17, 15) is 27.5 Å². The quantitative estimate of drug-likeness (QED) is 0.0559. The Kier molecular flexibility index (Phi) is 39.9. The predicted molar refractivity (Wildman–Crippen MR) is 385 cm³/mol. The van der Waals surface area contributed by atoms with Gasteiger partial charge in [0.15, 0.2) is 5.78 Å². The maximum atomic E-state index is 13.4. The predicted octanol–water partition coefficient (Wildman–Crippen LogP) is 21.0. The number of allylic oxidation sites excluding steroid dienone is 2. The van der Waals surface area contributed by atoms with Crippen molar-refractivity contribution in [3.8, 4) is 73.2 Å². The van der Waals surface area contributed by atoms with Crippen molar-refractivity contribution in [1.29, 1.82) is 0 Å². The smallest absolute Gasteiger partial charge is 0.155 e. The minimum Gasteiger partial charge on any atom is -0.512 e. The van der Waals surface area contributed by atoms with E-state index in [1.807, 2.05) is 196 Å². The molecule has 13 aromatic rings. The Hall–Kier alpha value is -9.52. The Morgan fingerprint density at radius 3 is 1.32 bits per heavy atom. The number of phenols is 1. The molecule has 18 heteroatoms. The molecule has 0 amide bonds. The van der Waals surface area contributed by atoms with Gasteiger partial charge in [-0.1, -0.05) is 171 Å². The third kappa shape index (κ3) is 28.2. The third-order valence-corrected chi connectivity index (χ3v) is 13.5. The van der Waals surface area contributed by atoms with Gasteiger partial charge >= 0.3 is 0 Å². The number of anilines is 4. The molecule has 13 rings (SSSR count). The zero-order valence-electron chi connectivity index (χ0n) is 54.0. The van der Waals surface area contributed by atoms with Crippen molar-refractivity contribution < 1.29 is 114 Å². The van der Waals surface area contributed by atoms with Gasteiger partial charge in [0.05, 0.1) is 5.76 Å². The van der Waals surface area contributed by atoms with E-state index in [1.54, 1.807) is 55.2 Å². The van der Waals surface area contributed by atoms with Crippen molar-refractivity contribution in [2.45, 2.75) is 35.6 Å². The van der Waals surface area contributed by atoms with E-state index in [0.717, 1.165) is 96.6 Å². The second kappa shape index (κ2) is 46.0. The molecule has 0 bridgehead atoms. The number of aromatic nitrogens is 5. The SMILES string of the molecule is C.C.CC(=O)C=C(C)O.CN(C)c1ccnc(-c2[c-]cc(F)cc2)c1.Cc1ccnc(-c2[c-]cc(F)cc2F)c1.Fc1c[c-]c(-c2cc(N(c3ccccc3)c3ccccc3)ccn2)cc1.Oc1ccccc1-c1ccccc1.[Ir].[Ir].[Ir].[Pt].[c-]1c(-c2ccccn2)cccc1-c1ccccn1. The van der Waals surface area contributed by atoms with Crippen LogP contribution >= 0.6 is 0 Å². The molecule has 0 saturated carbocycles. The number of carbonyl (C=O) groups is 1. The number of phenolic OH excluding ortho intramolecular Hbond substituents is 1. The third-order valence-electron chi connectivity index (χ3n) is 13.5. The molecule has 0 unspecified atom stereocenters. The minimum atomic E-state index is -0.645. The van der Waals surface area contributed by atoms with E-state index >= 15 is 0 Å². The molecule has 0 fully saturated rings. The van der Waals surface area contributed by atoms with Crippen molar-refractivity contribution >= 4 is 28.5 Å². The van der Waals surface area contributed by atoms with Crippen LogP contribution in [0.2, 0.25) is 0 Å². The van der Waals surface area contributed by atoms with Gasteiger partial charge in [0.25, 0.3) is 0 Å². The first kappa shape index (κ1) is 87.6. The van der Waals surface area contributed by atoms with Crippen LogP contribution in [0.4, 0.5) is 40.3 Å². The fraction of sp³-hybridized carbons (Fsp3) is 0.0843. The second-order valence-electron chi connectivity index (χ2n) is 21.0. The summed E-state index contributed by atoms with van der Waals surface area (Å²) in [5, 5.41) is 17.9. The number of benzene rings is 8. The number of hydrogen-bond donors (Lipinski definition) is 2. The van der Waals surface area contributed by atoms with Crippen molar-refractivity contribution in [3.63, 3.8) is 0 Å². The number of aryl methyl sites for hydroxylation is 1. The Balaban J connectivity index is 0.000000420. The van der Waals surface area contributed by atoms with Crippen molar-refractivity contribution in [1.82, 2.24) is 24.9 Å². The first-order valence-electron chi connectivity index (χ1n) is 29.8. The van der Waals surface area contributed by atoms with Crippen LogP contribution in [0.5, 0.6) is 5.75 Å². The van der Waals surface area contributed by atoms with Gasteiger partial charge in [0.1, 0.15) is 5.75 Å². The summed E-state index contributed by atoms with van der Waals surface area (Å²) in [5.74, 6) is -1.61. The zero-order chi connectivity index (χ0) is 67.3. The molecule has 2 N–H and O–H groups in total. The summed E-state index contributed by atoms with van der Waals surface area (Å²) < 4.78 is 52.0. The molecule has 5 aromatic heterocycles. The molecular formula is C83H73F4Ir3N7O3Pt-4. The first-order chi connectivity index (χ1) is 46.1. The largest absolute Gasteiger partial charge is 0.512 e. The summed E-state index contributed by atoms with van der Waals surface area (Å²) in [4.78, 5) is 35.5. The van der Waals surface area contributed by atoms with E-state index in [4.69, 9.17) is 5.11 Å². The Morgan fingerprint density at radius 1 is 0.436 bits per heavy atom. The first-order valence-corrected chi connectivity index (χ1v) is 29.8. The molecule has 0 saturated heterocycles. The standard InChI is InChI=1S/C23H16FN2.C16H11N2.C13H12FN2.C12H8F2N.C12H10O.C5H8O2.2CH4.3Ir.Pt/c24-19-13-11-18(12-14-19)23-17-22(15-16-25-23)26(20-7-3-1-4-8-20)21-9-5-2-6-10-21;1-3-10-17-15(8-1)13-6-5-7-14(12-13)16-9-2-4-11-18-16;1-16(2)12-7-8-15-13(9-12)10-3-5-11(14)6-4-10;1-8-4-5-15-12(6-8)10-3-2-9(13)7-11(10)14;13-12-9-5-4-8-11(12)10-6-2-1-3-7-10;1-4(6)3-5(2)7;;;;;;/h1-11,13-17H;1-11H;3,5-9H,1-2H3;2,4-7H,1H3;1-9,13H;3,6H,1-2H3;2*1H4;;;;/q4*-1;;;;;;;;. The van der Waals surface area contributed by atoms with Crippen LogP contribution in [0.3, 0.4) is 0 Å². The number of ketones is 1. The summed E-state index contributed by atoms with van der Waals surface area (Å²) in [6, 6.07) is 89.1. The van der Waals surface area contributed by atoms with Crippen molar-refractivity contribution in [3.05, 3.63) is 351 Å². The van der Waals surface area contributed by atoms with Crippen LogP contribution in [-0.4, -0.2) is 55.0 Å². The molecule has 3 radical (unpaired) electrons. The number of nitrogens with zero attached hydrogens (tertiary/aromatic N) is 7. The number of rotatable bonds is 11. The number of halogens is 4. The van der Waals surface area contributed by atoms with Crippen molar-refractivity contribution in [2.75, 3.05) is 23.9 Å². The Morgan fingerprint density at radius 2 is 0.881 bits per heavy atom. The Bertz CT molecular complexity index is 4450. The number of hydrogen-bond acceptors (Lipinski definition) is 10. The zero-order valence-corrected chi connectivity index (χ0v) is 63.4. The van der Waals surface area contributed by atoms with Gasteiger partial charge in [-0.05, 0) is 104 Å². The van der Waals surface area contributed by atoms with Crippen LogP contribution in [0.25, 0.3) is 67.4 Å². The van der Waals surface area contributed by atoms with Crippen LogP contribution in [0, 0.1) is 54.5 Å². The number of aliphatic hydroxyl groups excluding tert-OH is 1. The number of aromatic hydroxyl groups is 1. The number of carbonyl (C=O) groups excluding carboxylic acids is 1. The molecule has 527 valence electrons. The topological polar surface area (TPSA) is 128 Å². The van der Waals surface area contributed by atoms with Gasteiger partial charge in [0.2, 0.25) is 0 Å². The van der Waals surface area contributed by atoms with Gasteiger partial charge in [0, 0.05) is 196 Å². The van der Waals surface area contributed by atoms with Gasteiger partial charge < -0.3 is 35.0 Å². The summed E-state index contributed by atoms with van der Waals surface area (Å²) in [7, 11) is 3.93. The number of pyridine rings is 5. The summed E-state index contributed by atoms with van der Waals surface area (Å²) in [6.07, 6.45) is 9.83. The molecule has 10 nitrogen and oxygen atoms in total. The summed E-state index contributed by atoms with van der Waals surface area (Å²) in [6.45, 7) is 4.73. The van der Waals surface area contributed by atoms with Gasteiger partial charge in [-0.15, -0.1) is 96.1 Å². The molecule has 8 aromatic carbocycles. The summed E-state index contributed by atoms with van der Waals surface area (Å²) >= 11 is 0. The average Bonchev–Trinajstić information content (AvgIpc) is 0.814. The molecule has 0 aliphatic rings. The molecule has 101 heavy (non-hydrogen) atoms. The number of para-hydroxylation sites is 3. The molecule has 0 atom stereocenters. The van der Waals surface area contributed by atoms with Crippen molar-refractivity contribution in [2.24, 2.45) is 0 Å². The number of aliphatic hydroxyl groups is 1. The summed E-state index contributed by atoms with van der Waals surface area (Å²) in [5.41, 5.74) is 14.6. The van der Waals surface area contributed by atoms with Gasteiger partial charge in [-0.3, -0.25) is 32.3 Å². The average molecular weight is 2060 g/mol. The maximum Gasteiger partial charge on any atom is 0.155 e. The Labute approximate surface area is 645 Å². The fourth-order valence-electron chi connectivity index (χ4n) is 9.04. The molecule has 0 aliphatic carbocycles. The molecule has 0 aliphatic heterocycles. The van der Waals surface area contributed by atoms with E-state index in [-0.39, 0.29) is 125 Å². The van der Waals surface area contributed by atoms with Crippen LogP contribution < -0.4 is 9.80 Å². The van der Waals surface area contributed by atoms with Crippen LogP contribution in [0.1, 0.15) is 34.3 Å². The maximum absolute atomic E-state index is 13.4. The molecule has 5 heterocycles. The second-order valence-corrected chi connectivity index (χ2v) is 21.0. The van der Waals surface area contributed by atoms with Crippen LogP contribution in [-0.2, 0) is 86.2 Å². The fourth-order valence-corrected chi connectivity index (χ4v) is 9.04. The van der Waals surface area contributed by atoms with Crippen LogP contribution in [0.15, 0.2) is 298 Å². The van der Waals surface area contributed by atoms with E-state index in [0.29, 0.717) is 11.4 Å². The monoisotopic (exact) mass is 2070 g/mol. The van der Waals surface area contributed by atoms with Gasteiger partial charge in [-0.2, -0.15) is 0 Å². The van der Waals surface area contributed by atoms with Gasteiger partial charge in [-0.25, -0.2) is 0 Å². The van der Waals surface area contributed by atoms with E-state index in [2.05, 4.69) is 78.4 Å². The minimum absolute atomic E-state index is 0. The molecule has 0 spiro atoms. The van der Waals surface area contributed by atoms with E-state index in [1.165, 1.54) is 44.2 Å². The normalized spacial score (nSPS) is 9.73. The van der Waals surface area contributed by atoms with E-state index < -0.39 is 11.6 Å². The molecular weight excluding hydrogens is 1990 g/mol.